The van der Waals surface area contributed by atoms with Gasteiger partial charge in [0.25, 0.3) is 0 Å². The number of carbonyl (C=O) groups excluding carboxylic acids is 1. The van der Waals surface area contributed by atoms with E-state index in [0.29, 0.717) is 15.6 Å². The number of halogens is 2. The fourth-order valence-corrected chi connectivity index (χ4v) is 2.02. The summed E-state index contributed by atoms with van der Waals surface area (Å²) in [4.78, 5) is 11.6. The van der Waals surface area contributed by atoms with Crippen LogP contribution < -0.4 is 11.1 Å². The summed E-state index contributed by atoms with van der Waals surface area (Å²) in [5.74, 6) is -0.484. The van der Waals surface area contributed by atoms with Crippen molar-refractivity contribution in [2.45, 2.75) is 6.04 Å². The van der Waals surface area contributed by atoms with Crippen molar-refractivity contribution in [3.05, 3.63) is 64.1 Å². The zero-order valence-electron chi connectivity index (χ0n) is 9.94. The molecule has 0 spiro atoms. The Morgan fingerprint density at radius 1 is 1.05 bits per heavy atom. The van der Waals surface area contributed by atoms with Crippen LogP contribution in [0.2, 0.25) is 10.0 Å². The highest BCUT2D eigenvalue weighted by Gasteiger charge is 2.18. The van der Waals surface area contributed by atoms with Crippen LogP contribution in [0.25, 0.3) is 0 Å². The van der Waals surface area contributed by atoms with Gasteiger partial charge in [-0.05, 0) is 29.8 Å². The van der Waals surface area contributed by atoms with Gasteiger partial charge < -0.3 is 11.1 Å². The maximum atomic E-state index is 11.6. The predicted molar refractivity (Wildman–Crippen MR) is 78.5 cm³/mol. The van der Waals surface area contributed by atoms with Crippen molar-refractivity contribution in [1.82, 2.24) is 0 Å². The molecule has 0 saturated heterocycles. The summed E-state index contributed by atoms with van der Waals surface area (Å²) in [6.07, 6.45) is 0. The van der Waals surface area contributed by atoms with Crippen LogP contribution in [-0.2, 0) is 4.79 Å². The number of hydrogen-bond acceptors (Lipinski definition) is 2. The molecule has 0 saturated carbocycles. The molecule has 0 bridgehead atoms. The van der Waals surface area contributed by atoms with Gasteiger partial charge in [-0.3, -0.25) is 4.79 Å². The van der Waals surface area contributed by atoms with Crippen LogP contribution in [0.3, 0.4) is 0 Å². The third-order valence-corrected chi connectivity index (χ3v) is 3.39. The van der Waals surface area contributed by atoms with E-state index in [1.54, 1.807) is 18.2 Å². The summed E-state index contributed by atoms with van der Waals surface area (Å²) in [6.45, 7) is 0. The molecule has 3 nitrogen and oxygen atoms in total. The molecule has 0 radical (unpaired) electrons. The van der Waals surface area contributed by atoms with Crippen LogP contribution >= 0.6 is 23.2 Å². The van der Waals surface area contributed by atoms with Crippen molar-refractivity contribution in [2.75, 3.05) is 5.32 Å². The van der Waals surface area contributed by atoms with Crippen molar-refractivity contribution < 1.29 is 4.79 Å². The molecule has 0 fully saturated rings. The zero-order chi connectivity index (χ0) is 13.8. The van der Waals surface area contributed by atoms with Crippen molar-refractivity contribution in [3.63, 3.8) is 0 Å². The SMILES string of the molecule is NC(=O)C(Nc1ccccc1)c1ccc(Cl)c(Cl)c1. The maximum Gasteiger partial charge on any atom is 0.244 e. The molecular weight excluding hydrogens is 283 g/mol. The Balaban J connectivity index is 2.30. The average Bonchev–Trinajstić information content (AvgIpc) is 2.40. The third kappa shape index (κ3) is 3.40. The summed E-state index contributed by atoms with van der Waals surface area (Å²) in [7, 11) is 0. The zero-order valence-corrected chi connectivity index (χ0v) is 11.4. The quantitative estimate of drug-likeness (QED) is 0.905. The smallest absolute Gasteiger partial charge is 0.244 e. The molecule has 0 heterocycles. The molecular formula is C14H12Cl2N2O. The monoisotopic (exact) mass is 294 g/mol. The lowest BCUT2D eigenvalue weighted by atomic mass is 10.1. The molecule has 2 aromatic rings. The molecule has 2 rings (SSSR count). The van der Waals surface area contributed by atoms with E-state index in [1.165, 1.54) is 0 Å². The number of amides is 1. The van der Waals surface area contributed by atoms with Crippen LogP contribution in [0.15, 0.2) is 48.5 Å². The van der Waals surface area contributed by atoms with E-state index < -0.39 is 11.9 Å². The van der Waals surface area contributed by atoms with E-state index in [2.05, 4.69) is 5.32 Å². The van der Waals surface area contributed by atoms with Crippen LogP contribution in [-0.4, -0.2) is 5.91 Å². The average molecular weight is 295 g/mol. The van der Waals surface area contributed by atoms with Gasteiger partial charge in [-0.15, -0.1) is 0 Å². The number of benzene rings is 2. The topological polar surface area (TPSA) is 55.1 Å². The summed E-state index contributed by atoms with van der Waals surface area (Å²) in [5.41, 5.74) is 6.90. The lowest BCUT2D eigenvalue weighted by molar-refractivity contribution is -0.118. The third-order valence-electron chi connectivity index (χ3n) is 2.65. The fraction of sp³-hybridized carbons (Fsp3) is 0.0714. The lowest BCUT2D eigenvalue weighted by Crippen LogP contribution is -2.27. The number of nitrogens with two attached hydrogens (primary N) is 1. The maximum absolute atomic E-state index is 11.6. The first-order valence-electron chi connectivity index (χ1n) is 5.64. The number of hydrogen-bond donors (Lipinski definition) is 2. The molecule has 0 aromatic heterocycles. The minimum Gasteiger partial charge on any atom is -0.370 e. The standard InChI is InChI=1S/C14H12Cl2N2O/c15-11-7-6-9(8-12(11)16)13(14(17)19)18-10-4-2-1-3-5-10/h1-8,13,18H,(H2,17,19). The van der Waals surface area contributed by atoms with Crippen molar-refractivity contribution in [1.29, 1.82) is 0 Å². The van der Waals surface area contributed by atoms with Gasteiger partial charge in [0, 0.05) is 5.69 Å². The first kappa shape index (κ1) is 13.7. The predicted octanol–water partition coefficient (Wildman–Crippen LogP) is 3.63. The number of carbonyl (C=O) groups is 1. The van der Waals surface area contributed by atoms with Crippen LogP contribution in [0.4, 0.5) is 5.69 Å². The molecule has 5 heteroatoms. The van der Waals surface area contributed by atoms with Crippen LogP contribution in [0, 0.1) is 0 Å². The van der Waals surface area contributed by atoms with Crippen LogP contribution in [0.1, 0.15) is 11.6 Å². The Bertz CT molecular complexity index is 587. The Labute approximate surface area is 121 Å². The fourth-order valence-electron chi connectivity index (χ4n) is 1.71. The van der Waals surface area contributed by atoms with Crippen LogP contribution in [0.5, 0.6) is 0 Å². The molecule has 98 valence electrons. The minimum absolute atomic E-state index is 0.389. The highest BCUT2D eigenvalue weighted by atomic mass is 35.5. The Morgan fingerprint density at radius 3 is 2.32 bits per heavy atom. The molecule has 0 aliphatic carbocycles. The Hall–Kier alpha value is -1.71. The van der Waals surface area contributed by atoms with E-state index >= 15 is 0 Å². The molecule has 3 N–H and O–H groups in total. The second-order valence-corrected chi connectivity index (χ2v) is 4.83. The Kier molecular flexibility index (Phi) is 4.30. The molecule has 1 atom stereocenters. The normalized spacial score (nSPS) is 11.9. The van der Waals surface area contributed by atoms with Gasteiger partial charge in [0.1, 0.15) is 6.04 Å². The number of para-hydroxylation sites is 1. The van der Waals surface area contributed by atoms with Gasteiger partial charge in [-0.2, -0.15) is 0 Å². The highest BCUT2D eigenvalue weighted by Crippen LogP contribution is 2.27. The molecule has 0 aliphatic rings. The van der Waals surface area contributed by atoms with Crippen molar-refractivity contribution in [3.8, 4) is 0 Å². The summed E-state index contributed by atoms with van der Waals surface area (Å²) >= 11 is 11.8. The summed E-state index contributed by atoms with van der Waals surface area (Å²) < 4.78 is 0. The van der Waals surface area contributed by atoms with E-state index in [1.807, 2.05) is 30.3 Å². The Morgan fingerprint density at radius 2 is 1.74 bits per heavy atom. The number of anilines is 1. The van der Waals surface area contributed by atoms with Gasteiger partial charge >= 0.3 is 0 Å². The van der Waals surface area contributed by atoms with Crippen molar-refractivity contribution >= 4 is 34.8 Å². The van der Waals surface area contributed by atoms with Crippen molar-refractivity contribution in [2.24, 2.45) is 5.73 Å². The number of primary amides is 1. The highest BCUT2D eigenvalue weighted by molar-refractivity contribution is 6.42. The van der Waals surface area contributed by atoms with Gasteiger partial charge in [-0.25, -0.2) is 0 Å². The molecule has 1 unspecified atom stereocenters. The van der Waals surface area contributed by atoms with Gasteiger partial charge in [-0.1, -0.05) is 47.5 Å². The second-order valence-electron chi connectivity index (χ2n) is 4.02. The van der Waals surface area contributed by atoms with Gasteiger partial charge in [0.05, 0.1) is 10.0 Å². The second kappa shape index (κ2) is 5.95. The molecule has 1 amide bonds. The van der Waals surface area contributed by atoms with Gasteiger partial charge in [0.15, 0.2) is 0 Å². The summed E-state index contributed by atoms with van der Waals surface area (Å²) in [5, 5.41) is 3.89. The van der Waals surface area contributed by atoms with E-state index in [0.717, 1.165) is 5.69 Å². The molecule has 0 aliphatic heterocycles. The number of rotatable bonds is 4. The summed E-state index contributed by atoms with van der Waals surface area (Å²) in [6, 6.07) is 13.7. The first-order chi connectivity index (χ1) is 9.08. The van der Waals surface area contributed by atoms with E-state index in [-0.39, 0.29) is 0 Å². The van der Waals surface area contributed by atoms with E-state index in [9.17, 15) is 4.79 Å². The van der Waals surface area contributed by atoms with Gasteiger partial charge in [0.2, 0.25) is 5.91 Å². The largest absolute Gasteiger partial charge is 0.370 e. The first-order valence-corrected chi connectivity index (χ1v) is 6.39. The molecule has 2 aromatic carbocycles. The molecule has 19 heavy (non-hydrogen) atoms. The van der Waals surface area contributed by atoms with E-state index in [4.69, 9.17) is 28.9 Å². The number of nitrogens with one attached hydrogen (secondary N) is 1. The minimum atomic E-state index is -0.655. The lowest BCUT2D eigenvalue weighted by Gasteiger charge is -2.17.